The normalized spacial score (nSPS) is 9.23. The minimum absolute atomic E-state index is 0.135. The van der Waals surface area contributed by atoms with Crippen LogP contribution in [-0.4, -0.2) is 18.5 Å². The number of aliphatic hydroxyl groups excluding tert-OH is 1. The van der Waals surface area contributed by atoms with Gasteiger partial charge in [-0.3, -0.25) is 0 Å². The molecule has 0 radical (unpaired) electrons. The average molecular weight is 190 g/mol. The molecule has 0 saturated carbocycles. The van der Waals surface area contributed by atoms with Crippen molar-refractivity contribution < 1.29 is 9.84 Å². The van der Waals surface area contributed by atoms with Crippen molar-refractivity contribution in [3.63, 3.8) is 0 Å². The lowest BCUT2D eigenvalue weighted by atomic mass is 10.3. The molecule has 0 aromatic carbocycles. The van der Waals surface area contributed by atoms with Crippen LogP contribution in [0.1, 0.15) is 59.3 Å². The first-order chi connectivity index (χ1) is 6.33. The summed E-state index contributed by atoms with van der Waals surface area (Å²) in [5.74, 6) is 0. The predicted octanol–water partition coefficient (Wildman–Crippen LogP) is 3.34. The zero-order valence-corrected chi connectivity index (χ0v) is 9.51. The zero-order valence-electron chi connectivity index (χ0n) is 9.51. The molecule has 13 heavy (non-hydrogen) atoms. The fraction of sp³-hybridized carbons (Fsp3) is 1.00. The molecule has 2 nitrogen and oxygen atoms in total. The van der Waals surface area contributed by atoms with Crippen molar-refractivity contribution >= 4 is 0 Å². The van der Waals surface area contributed by atoms with Crippen molar-refractivity contribution in [2.24, 2.45) is 0 Å². The van der Waals surface area contributed by atoms with Crippen LogP contribution in [0.4, 0.5) is 0 Å². The van der Waals surface area contributed by atoms with Crippen LogP contribution in [-0.2, 0) is 4.74 Å². The van der Waals surface area contributed by atoms with Gasteiger partial charge in [0, 0.05) is 6.61 Å². The number of unbranched alkanes of at least 4 members (excludes halogenated alkanes) is 4. The van der Waals surface area contributed by atoms with Gasteiger partial charge in [0.1, 0.15) is 6.79 Å². The molecule has 0 fully saturated rings. The molecule has 2 heteroatoms. The van der Waals surface area contributed by atoms with E-state index in [9.17, 15) is 0 Å². The van der Waals surface area contributed by atoms with E-state index in [4.69, 9.17) is 9.84 Å². The van der Waals surface area contributed by atoms with Crippen LogP contribution in [0.5, 0.6) is 0 Å². The second kappa shape index (κ2) is 17.9. The molecular formula is C11H26O2. The molecule has 0 atom stereocenters. The van der Waals surface area contributed by atoms with Crippen LogP contribution in [0.2, 0.25) is 0 Å². The van der Waals surface area contributed by atoms with Crippen molar-refractivity contribution in [3.8, 4) is 0 Å². The second-order valence-electron chi connectivity index (χ2n) is 3.10. The van der Waals surface area contributed by atoms with Gasteiger partial charge in [0.25, 0.3) is 0 Å². The fourth-order valence-corrected chi connectivity index (χ4v) is 0.872. The highest BCUT2D eigenvalue weighted by molar-refractivity contribution is 4.33. The summed E-state index contributed by atoms with van der Waals surface area (Å²) >= 11 is 0. The van der Waals surface area contributed by atoms with Crippen molar-refractivity contribution in [1.82, 2.24) is 0 Å². The molecule has 0 aromatic heterocycles. The van der Waals surface area contributed by atoms with E-state index in [-0.39, 0.29) is 6.79 Å². The van der Waals surface area contributed by atoms with Crippen LogP contribution >= 0.6 is 0 Å². The monoisotopic (exact) mass is 190 g/mol. The molecule has 0 aliphatic carbocycles. The van der Waals surface area contributed by atoms with E-state index in [2.05, 4.69) is 20.8 Å². The van der Waals surface area contributed by atoms with Gasteiger partial charge in [0.15, 0.2) is 0 Å². The Morgan fingerprint density at radius 3 is 1.69 bits per heavy atom. The third kappa shape index (κ3) is 24.5. The molecule has 82 valence electrons. The summed E-state index contributed by atoms with van der Waals surface area (Å²) < 4.78 is 4.69. The van der Waals surface area contributed by atoms with E-state index in [1.54, 1.807) is 0 Å². The summed E-state index contributed by atoms with van der Waals surface area (Å²) in [6.07, 6.45) is 7.54. The minimum Gasteiger partial charge on any atom is -0.371 e. The quantitative estimate of drug-likeness (QED) is 0.493. The molecule has 0 rings (SSSR count). The number of rotatable bonds is 7. The van der Waals surface area contributed by atoms with E-state index in [1.807, 2.05) is 0 Å². The van der Waals surface area contributed by atoms with E-state index in [0.29, 0.717) is 6.61 Å². The third-order valence-corrected chi connectivity index (χ3v) is 1.69. The highest BCUT2D eigenvalue weighted by atomic mass is 16.6. The number of ether oxygens (including phenoxy) is 1. The van der Waals surface area contributed by atoms with Gasteiger partial charge >= 0.3 is 0 Å². The van der Waals surface area contributed by atoms with E-state index in [1.165, 1.54) is 32.1 Å². The Morgan fingerprint density at radius 2 is 1.38 bits per heavy atom. The maximum atomic E-state index is 8.14. The van der Waals surface area contributed by atoms with Crippen LogP contribution in [0.3, 0.4) is 0 Å². The summed E-state index contributed by atoms with van der Waals surface area (Å²) in [7, 11) is 0. The van der Waals surface area contributed by atoms with Gasteiger partial charge in [-0.1, -0.05) is 52.9 Å². The maximum Gasteiger partial charge on any atom is 0.143 e. The van der Waals surface area contributed by atoms with Gasteiger partial charge in [-0.25, -0.2) is 0 Å². The first-order valence-corrected chi connectivity index (χ1v) is 5.51. The molecule has 0 amide bonds. The summed E-state index contributed by atoms with van der Waals surface area (Å²) in [6.45, 7) is 7.12. The molecule has 0 heterocycles. The Balaban J connectivity index is 0. The summed E-state index contributed by atoms with van der Waals surface area (Å²) in [6, 6.07) is 0. The number of aliphatic hydroxyl groups is 1. The van der Waals surface area contributed by atoms with Crippen molar-refractivity contribution in [2.45, 2.75) is 59.3 Å². The Morgan fingerprint density at radius 1 is 0.846 bits per heavy atom. The van der Waals surface area contributed by atoms with Gasteiger partial charge in [-0.05, 0) is 6.42 Å². The summed E-state index contributed by atoms with van der Waals surface area (Å²) in [5, 5.41) is 8.14. The number of hydrogen-bond donors (Lipinski definition) is 1. The molecule has 0 spiro atoms. The largest absolute Gasteiger partial charge is 0.371 e. The first kappa shape index (κ1) is 15.4. The lowest BCUT2D eigenvalue weighted by Gasteiger charge is -1.96. The smallest absolute Gasteiger partial charge is 0.143 e. The lowest BCUT2D eigenvalue weighted by Crippen LogP contribution is -1.94. The fourth-order valence-electron chi connectivity index (χ4n) is 0.872. The molecular weight excluding hydrogens is 164 g/mol. The standard InChI is InChI=1S/C6H14O2.C5H12/c1-2-3-4-5-8-6-7;1-3-5-4-2/h7H,2-6H2,1H3;3-5H2,1-2H3. The second-order valence-corrected chi connectivity index (χ2v) is 3.10. The first-order valence-electron chi connectivity index (χ1n) is 5.51. The van der Waals surface area contributed by atoms with E-state index in [0.717, 1.165) is 6.42 Å². The van der Waals surface area contributed by atoms with Gasteiger partial charge in [0.2, 0.25) is 0 Å². The van der Waals surface area contributed by atoms with E-state index < -0.39 is 0 Å². The third-order valence-electron chi connectivity index (χ3n) is 1.69. The zero-order chi connectivity index (χ0) is 10.4. The Labute approximate surface area is 83.3 Å². The lowest BCUT2D eigenvalue weighted by molar-refractivity contribution is -0.00272. The summed E-state index contributed by atoms with van der Waals surface area (Å²) in [4.78, 5) is 0. The van der Waals surface area contributed by atoms with E-state index >= 15 is 0 Å². The Hall–Kier alpha value is -0.0800. The highest BCUT2D eigenvalue weighted by Crippen LogP contribution is 1.92. The Kier molecular flexibility index (Phi) is 21.2. The van der Waals surface area contributed by atoms with Gasteiger partial charge in [0.05, 0.1) is 0 Å². The SMILES string of the molecule is CCCCC.CCCCCOCO. The average Bonchev–Trinajstić information content (AvgIpc) is 2.15. The molecule has 0 saturated heterocycles. The van der Waals surface area contributed by atoms with Crippen LogP contribution in [0.15, 0.2) is 0 Å². The molecule has 0 aliphatic rings. The van der Waals surface area contributed by atoms with Crippen molar-refractivity contribution in [2.75, 3.05) is 13.4 Å². The topological polar surface area (TPSA) is 29.5 Å². The van der Waals surface area contributed by atoms with Gasteiger partial charge in [-0.2, -0.15) is 0 Å². The highest BCUT2D eigenvalue weighted by Gasteiger charge is 1.83. The van der Waals surface area contributed by atoms with Crippen LogP contribution < -0.4 is 0 Å². The molecule has 0 aliphatic heterocycles. The van der Waals surface area contributed by atoms with Crippen LogP contribution in [0.25, 0.3) is 0 Å². The van der Waals surface area contributed by atoms with Gasteiger partial charge in [-0.15, -0.1) is 0 Å². The summed E-state index contributed by atoms with van der Waals surface area (Å²) in [5.41, 5.74) is 0. The number of hydrogen-bond acceptors (Lipinski definition) is 2. The van der Waals surface area contributed by atoms with Crippen LogP contribution in [0, 0.1) is 0 Å². The molecule has 1 N–H and O–H groups in total. The minimum atomic E-state index is -0.135. The molecule has 0 unspecified atom stereocenters. The Bertz CT molecular complexity index is 57.1. The van der Waals surface area contributed by atoms with Gasteiger partial charge < -0.3 is 9.84 Å². The van der Waals surface area contributed by atoms with Crippen molar-refractivity contribution in [3.05, 3.63) is 0 Å². The molecule has 0 aromatic rings. The molecule has 0 bridgehead atoms. The predicted molar refractivity (Wildman–Crippen MR) is 57.8 cm³/mol. The van der Waals surface area contributed by atoms with Crippen molar-refractivity contribution in [1.29, 1.82) is 0 Å². The maximum absolute atomic E-state index is 8.14.